The fourth-order valence-electron chi connectivity index (χ4n) is 2.42. The van der Waals surface area contributed by atoms with Crippen LogP contribution in [0.1, 0.15) is 22.7 Å². The Labute approximate surface area is 171 Å². The van der Waals surface area contributed by atoms with Crippen LogP contribution in [0.15, 0.2) is 28.9 Å². The molecule has 0 fully saturated rings. The smallest absolute Gasteiger partial charge is 0.286 e. The third-order valence-corrected chi connectivity index (χ3v) is 4.06. The lowest BCUT2D eigenvalue weighted by Gasteiger charge is -2.09. The third kappa shape index (κ3) is 4.73. The maximum atomic E-state index is 13.6. The van der Waals surface area contributed by atoms with E-state index >= 15 is 0 Å². The summed E-state index contributed by atoms with van der Waals surface area (Å²) in [6, 6.07) is 2.55. The minimum Gasteiger partial charge on any atom is -0.479 e. The van der Waals surface area contributed by atoms with Crippen molar-refractivity contribution in [1.82, 2.24) is 15.1 Å². The number of carbonyl (C=O) groups is 1. The highest BCUT2D eigenvalue weighted by Gasteiger charge is 2.27. The van der Waals surface area contributed by atoms with Crippen LogP contribution in [-0.2, 0) is 13.2 Å². The Morgan fingerprint density at radius 2 is 1.77 bits per heavy atom. The zero-order valence-corrected chi connectivity index (χ0v) is 15.8. The van der Waals surface area contributed by atoms with Crippen molar-refractivity contribution in [3.63, 3.8) is 0 Å². The van der Waals surface area contributed by atoms with Gasteiger partial charge in [0.05, 0.1) is 11.2 Å². The molecule has 0 aliphatic heterocycles. The molecule has 160 valence electrons. The summed E-state index contributed by atoms with van der Waals surface area (Å²) in [4.78, 5) is 12.0. The number of nitrogens with zero attached hydrogens (tertiary/aromatic N) is 2. The Morgan fingerprint density at radius 1 is 1.10 bits per heavy atom. The number of hydrogen-bond donors (Lipinski definition) is 1. The van der Waals surface area contributed by atoms with Gasteiger partial charge in [0.25, 0.3) is 5.91 Å². The van der Waals surface area contributed by atoms with E-state index in [-0.39, 0.29) is 11.5 Å². The van der Waals surface area contributed by atoms with Crippen LogP contribution in [0.2, 0.25) is 5.02 Å². The second-order valence-corrected chi connectivity index (χ2v) is 6.42. The molecule has 1 aromatic carbocycles. The quantitative estimate of drug-likeness (QED) is 0.242. The molecule has 1 amide bonds. The summed E-state index contributed by atoms with van der Waals surface area (Å²) in [5.41, 5.74) is 0. The molecule has 0 unspecified atom stereocenters. The van der Waals surface area contributed by atoms with Gasteiger partial charge in [-0.2, -0.15) is 13.9 Å². The zero-order valence-electron chi connectivity index (χ0n) is 15.0. The van der Waals surface area contributed by atoms with Crippen molar-refractivity contribution >= 4 is 17.5 Å². The molecule has 2 heterocycles. The monoisotopic (exact) mass is 449 g/mol. The summed E-state index contributed by atoms with van der Waals surface area (Å²) < 4.78 is 78.0. The van der Waals surface area contributed by atoms with Crippen molar-refractivity contribution in [2.75, 3.05) is 6.54 Å². The highest BCUT2D eigenvalue weighted by atomic mass is 35.5. The van der Waals surface area contributed by atoms with Gasteiger partial charge in [-0.05, 0) is 18.6 Å². The van der Waals surface area contributed by atoms with Crippen molar-refractivity contribution in [2.24, 2.45) is 0 Å². The molecule has 0 spiro atoms. The number of carbonyl (C=O) groups excluding carboxylic acids is 1. The SMILES string of the molecule is O=C(NCCCn1cc(Cl)cn1)c1ccc(COc2c(F)c(F)c(F)c(F)c2F)o1. The lowest BCUT2D eigenvalue weighted by atomic mass is 10.2. The lowest BCUT2D eigenvalue weighted by Crippen LogP contribution is -2.24. The van der Waals surface area contributed by atoms with Crippen LogP contribution in [0.4, 0.5) is 22.0 Å². The van der Waals surface area contributed by atoms with E-state index in [2.05, 4.69) is 15.2 Å². The van der Waals surface area contributed by atoms with E-state index in [0.29, 0.717) is 24.5 Å². The maximum Gasteiger partial charge on any atom is 0.286 e. The second-order valence-electron chi connectivity index (χ2n) is 5.98. The molecule has 0 aliphatic carbocycles. The first kappa shape index (κ1) is 21.6. The number of benzene rings is 1. The first-order chi connectivity index (χ1) is 14.3. The maximum absolute atomic E-state index is 13.6. The zero-order chi connectivity index (χ0) is 21.8. The molecule has 1 N–H and O–H groups in total. The summed E-state index contributed by atoms with van der Waals surface area (Å²) in [7, 11) is 0. The number of halogens is 6. The van der Waals surface area contributed by atoms with E-state index in [1.807, 2.05) is 0 Å². The van der Waals surface area contributed by atoms with Crippen LogP contribution < -0.4 is 10.1 Å². The molecule has 12 heteroatoms. The van der Waals surface area contributed by atoms with Crippen LogP contribution in [0.5, 0.6) is 5.75 Å². The van der Waals surface area contributed by atoms with E-state index in [4.69, 9.17) is 16.0 Å². The van der Waals surface area contributed by atoms with Crippen LogP contribution in [0.25, 0.3) is 0 Å². The number of aromatic nitrogens is 2. The molecule has 30 heavy (non-hydrogen) atoms. The number of nitrogens with one attached hydrogen (secondary N) is 1. The molecule has 0 atom stereocenters. The van der Waals surface area contributed by atoms with Crippen molar-refractivity contribution in [2.45, 2.75) is 19.6 Å². The number of hydrogen-bond acceptors (Lipinski definition) is 4. The summed E-state index contributed by atoms with van der Waals surface area (Å²) in [5.74, 6) is -12.9. The Hall–Kier alpha value is -3.08. The van der Waals surface area contributed by atoms with Gasteiger partial charge in [-0.3, -0.25) is 9.48 Å². The molecule has 0 aliphatic rings. The Balaban J connectivity index is 1.53. The molecule has 3 aromatic rings. The molecule has 0 saturated carbocycles. The molecule has 0 radical (unpaired) electrons. The molecule has 0 saturated heterocycles. The average Bonchev–Trinajstić information content (AvgIpc) is 3.37. The van der Waals surface area contributed by atoms with Crippen LogP contribution in [-0.4, -0.2) is 22.2 Å². The summed E-state index contributed by atoms with van der Waals surface area (Å²) in [6.07, 6.45) is 3.67. The molecule has 0 bridgehead atoms. The summed E-state index contributed by atoms with van der Waals surface area (Å²) in [6.45, 7) is 0.158. The number of furan rings is 1. The Kier molecular flexibility index (Phi) is 6.60. The van der Waals surface area contributed by atoms with Gasteiger partial charge in [-0.15, -0.1) is 0 Å². The minimum atomic E-state index is -2.29. The van der Waals surface area contributed by atoms with Gasteiger partial charge in [0.15, 0.2) is 11.5 Å². The topological polar surface area (TPSA) is 69.3 Å². The van der Waals surface area contributed by atoms with Gasteiger partial charge >= 0.3 is 0 Å². The predicted octanol–water partition coefficient (Wildman–Crippen LogP) is 4.22. The van der Waals surface area contributed by atoms with Gasteiger partial charge in [-0.1, -0.05) is 11.6 Å². The van der Waals surface area contributed by atoms with E-state index in [1.165, 1.54) is 18.3 Å². The van der Waals surface area contributed by atoms with Crippen molar-refractivity contribution in [1.29, 1.82) is 0 Å². The van der Waals surface area contributed by atoms with Crippen LogP contribution >= 0.6 is 11.6 Å². The van der Waals surface area contributed by atoms with Gasteiger partial charge in [0.2, 0.25) is 29.1 Å². The second kappa shape index (κ2) is 9.16. The number of amides is 1. The van der Waals surface area contributed by atoms with Gasteiger partial charge in [0.1, 0.15) is 12.4 Å². The average molecular weight is 450 g/mol. The normalized spacial score (nSPS) is 11.0. The molecule has 3 rings (SSSR count). The summed E-state index contributed by atoms with van der Waals surface area (Å²) >= 11 is 5.74. The van der Waals surface area contributed by atoms with Crippen molar-refractivity contribution in [3.8, 4) is 5.75 Å². The fourth-order valence-corrected chi connectivity index (χ4v) is 2.58. The van der Waals surface area contributed by atoms with Crippen LogP contribution in [0, 0.1) is 29.1 Å². The van der Waals surface area contributed by atoms with Gasteiger partial charge in [-0.25, -0.2) is 13.2 Å². The number of rotatable bonds is 8. The van der Waals surface area contributed by atoms with Crippen LogP contribution in [0.3, 0.4) is 0 Å². The highest BCUT2D eigenvalue weighted by molar-refractivity contribution is 6.30. The molecular weight excluding hydrogens is 437 g/mol. The molecule has 6 nitrogen and oxygen atoms in total. The minimum absolute atomic E-state index is 0.0599. The third-order valence-electron chi connectivity index (χ3n) is 3.87. The lowest BCUT2D eigenvalue weighted by molar-refractivity contribution is 0.0920. The Morgan fingerprint density at radius 3 is 2.40 bits per heavy atom. The number of aryl methyl sites for hydroxylation is 1. The van der Waals surface area contributed by atoms with E-state index in [1.54, 1.807) is 10.9 Å². The van der Waals surface area contributed by atoms with Gasteiger partial charge < -0.3 is 14.5 Å². The first-order valence-electron chi connectivity index (χ1n) is 8.47. The Bertz CT molecular complexity index is 1040. The predicted molar refractivity (Wildman–Crippen MR) is 93.5 cm³/mol. The molecular formula is C18H13ClF5N3O3. The highest BCUT2D eigenvalue weighted by Crippen LogP contribution is 2.29. The van der Waals surface area contributed by atoms with Gasteiger partial charge in [0, 0.05) is 19.3 Å². The van der Waals surface area contributed by atoms with E-state index in [0.717, 1.165) is 0 Å². The standard InChI is InChI=1S/C18H13ClF5N3O3/c19-9-6-26-27(7-9)5-1-4-25-18(28)11-3-2-10(30-11)8-29-17-15(23)13(21)12(20)14(22)16(17)24/h2-3,6-7H,1,4-5,8H2,(H,25,28). The largest absolute Gasteiger partial charge is 0.479 e. The fraction of sp³-hybridized carbons (Fsp3) is 0.222. The summed E-state index contributed by atoms with van der Waals surface area (Å²) in [5, 5.41) is 7.08. The van der Waals surface area contributed by atoms with Crippen molar-refractivity contribution in [3.05, 3.63) is 70.2 Å². The molecule has 2 aromatic heterocycles. The number of ether oxygens (including phenoxy) is 1. The van der Waals surface area contributed by atoms with Crippen molar-refractivity contribution < 1.29 is 35.9 Å². The van der Waals surface area contributed by atoms with E-state index in [9.17, 15) is 26.7 Å². The first-order valence-corrected chi connectivity index (χ1v) is 8.84. The van der Waals surface area contributed by atoms with E-state index < -0.39 is 47.3 Å².